The van der Waals surface area contributed by atoms with Crippen molar-refractivity contribution in [1.82, 2.24) is 9.97 Å². The van der Waals surface area contributed by atoms with E-state index in [1.54, 1.807) is 0 Å². The fraction of sp³-hybridized carbons (Fsp3) is 0.167. The van der Waals surface area contributed by atoms with Crippen molar-refractivity contribution < 1.29 is 9.90 Å². The van der Waals surface area contributed by atoms with Gasteiger partial charge < -0.3 is 10.8 Å². The van der Waals surface area contributed by atoms with E-state index in [1.807, 2.05) is 0 Å². The first-order valence-electron chi connectivity index (χ1n) is 2.95. The molecule has 1 aromatic rings. The van der Waals surface area contributed by atoms with Gasteiger partial charge in [0, 0.05) is 6.20 Å². The highest BCUT2D eigenvalue weighted by Crippen LogP contribution is 2.05. The molecule has 0 saturated carbocycles. The van der Waals surface area contributed by atoms with E-state index in [2.05, 4.69) is 9.97 Å². The number of rotatable bonds is 2. The lowest BCUT2D eigenvalue weighted by Crippen LogP contribution is -2.21. The van der Waals surface area contributed by atoms with Crippen molar-refractivity contribution in [2.24, 2.45) is 5.73 Å². The van der Waals surface area contributed by atoms with Crippen LogP contribution in [0.3, 0.4) is 0 Å². The summed E-state index contributed by atoms with van der Waals surface area (Å²) in [5.74, 6) is -0.816. The molecular formula is C6H7N3O2. The number of nitrogens with zero attached hydrogens (tertiary/aromatic N) is 2. The molecular weight excluding hydrogens is 146 g/mol. The van der Waals surface area contributed by atoms with Crippen molar-refractivity contribution in [2.45, 2.75) is 6.10 Å². The highest BCUT2D eigenvalue weighted by Gasteiger charge is 2.13. The number of amides is 1. The van der Waals surface area contributed by atoms with E-state index in [0.717, 1.165) is 0 Å². The molecule has 11 heavy (non-hydrogen) atoms. The highest BCUT2D eigenvalue weighted by atomic mass is 16.3. The molecule has 5 nitrogen and oxygen atoms in total. The van der Waals surface area contributed by atoms with Crippen LogP contribution in [0.15, 0.2) is 18.6 Å². The SMILES string of the molecule is NC(=O)C(O)c1ccncn1. The van der Waals surface area contributed by atoms with Crippen molar-refractivity contribution in [3.8, 4) is 0 Å². The Balaban J connectivity index is 2.85. The number of carbonyl (C=O) groups excluding carboxylic acids is 1. The summed E-state index contributed by atoms with van der Waals surface area (Å²) in [7, 11) is 0. The Labute approximate surface area is 62.9 Å². The molecule has 1 aromatic heterocycles. The van der Waals surface area contributed by atoms with Gasteiger partial charge in [0.1, 0.15) is 6.33 Å². The smallest absolute Gasteiger partial charge is 0.252 e. The maximum atomic E-state index is 10.4. The Morgan fingerprint density at radius 2 is 2.45 bits per heavy atom. The van der Waals surface area contributed by atoms with Crippen molar-refractivity contribution >= 4 is 5.91 Å². The van der Waals surface area contributed by atoms with Crippen molar-refractivity contribution in [3.63, 3.8) is 0 Å². The van der Waals surface area contributed by atoms with Crippen molar-refractivity contribution in [2.75, 3.05) is 0 Å². The van der Waals surface area contributed by atoms with E-state index >= 15 is 0 Å². The number of primary amides is 1. The molecule has 1 rings (SSSR count). The zero-order valence-corrected chi connectivity index (χ0v) is 5.64. The average molecular weight is 153 g/mol. The first kappa shape index (κ1) is 7.62. The minimum absolute atomic E-state index is 0.215. The molecule has 0 aliphatic rings. The van der Waals surface area contributed by atoms with E-state index in [0.29, 0.717) is 0 Å². The van der Waals surface area contributed by atoms with Crippen molar-refractivity contribution in [1.29, 1.82) is 0 Å². The third-order valence-corrected chi connectivity index (χ3v) is 1.15. The maximum absolute atomic E-state index is 10.4. The van der Waals surface area contributed by atoms with Crippen LogP contribution in [0.2, 0.25) is 0 Å². The van der Waals surface area contributed by atoms with Gasteiger partial charge in [-0.2, -0.15) is 0 Å². The molecule has 1 heterocycles. The number of hydrogen-bond acceptors (Lipinski definition) is 4. The molecule has 0 spiro atoms. The fourth-order valence-electron chi connectivity index (χ4n) is 0.608. The molecule has 1 atom stereocenters. The van der Waals surface area contributed by atoms with Crippen molar-refractivity contribution in [3.05, 3.63) is 24.3 Å². The lowest BCUT2D eigenvalue weighted by Gasteiger charge is -2.02. The van der Waals surface area contributed by atoms with Crippen LogP contribution in [0.25, 0.3) is 0 Å². The van der Waals surface area contributed by atoms with Crippen LogP contribution in [-0.2, 0) is 4.79 Å². The molecule has 0 radical (unpaired) electrons. The summed E-state index contributed by atoms with van der Waals surface area (Å²) in [6, 6.07) is 1.43. The fourth-order valence-corrected chi connectivity index (χ4v) is 0.608. The van der Waals surface area contributed by atoms with Gasteiger partial charge >= 0.3 is 0 Å². The minimum Gasteiger partial charge on any atom is -0.377 e. The quantitative estimate of drug-likeness (QED) is 0.570. The minimum atomic E-state index is -1.34. The molecule has 0 fully saturated rings. The highest BCUT2D eigenvalue weighted by molar-refractivity contribution is 5.79. The van der Waals surface area contributed by atoms with E-state index in [1.165, 1.54) is 18.6 Å². The Morgan fingerprint density at radius 3 is 2.91 bits per heavy atom. The second kappa shape index (κ2) is 3.07. The van der Waals surface area contributed by atoms with Crippen LogP contribution < -0.4 is 5.73 Å². The number of aliphatic hydroxyl groups excluding tert-OH is 1. The van der Waals surface area contributed by atoms with Gasteiger partial charge in [0.2, 0.25) is 0 Å². The van der Waals surface area contributed by atoms with E-state index in [4.69, 9.17) is 10.8 Å². The summed E-state index contributed by atoms with van der Waals surface area (Å²) in [6.07, 6.45) is 1.33. The van der Waals surface area contributed by atoms with E-state index < -0.39 is 12.0 Å². The predicted octanol–water partition coefficient (Wildman–Crippen LogP) is -1.00. The van der Waals surface area contributed by atoms with Gasteiger partial charge in [0.25, 0.3) is 5.91 Å². The standard InChI is InChI=1S/C6H7N3O2/c7-6(11)5(10)4-1-2-8-3-9-4/h1-3,5,10H,(H2,7,11). The molecule has 3 N–H and O–H groups in total. The zero-order chi connectivity index (χ0) is 8.27. The normalized spacial score (nSPS) is 12.5. The maximum Gasteiger partial charge on any atom is 0.252 e. The first-order valence-corrected chi connectivity index (χ1v) is 2.95. The second-order valence-corrected chi connectivity index (χ2v) is 1.94. The third-order valence-electron chi connectivity index (χ3n) is 1.15. The Hall–Kier alpha value is -1.49. The molecule has 58 valence electrons. The Bertz CT molecular complexity index is 249. The zero-order valence-electron chi connectivity index (χ0n) is 5.64. The summed E-state index contributed by atoms with van der Waals surface area (Å²) in [5, 5.41) is 9.03. The van der Waals surface area contributed by atoms with Gasteiger partial charge in [-0.25, -0.2) is 9.97 Å². The predicted molar refractivity (Wildman–Crippen MR) is 36.2 cm³/mol. The summed E-state index contributed by atoms with van der Waals surface area (Å²) in [4.78, 5) is 17.7. The van der Waals surface area contributed by atoms with Crippen LogP contribution in [0.5, 0.6) is 0 Å². The Morgan fingerprint density at radius 1 is 1.73 bits per heavy atom. The molecule has 0 aliphatic heterocycles. The first-order chi connectivity index (χ1) is 5.22. The summed E-state index contributed by atoms with van der Waals surface area (Å²) in [5.41, 5.74) is 5.03. The largest absolute Gasteiger partial charge is 0.377 e. The van der Waals surface area contributed by atoms with E-state index in [9.17, 15) is 4.79 Å². The van der Waals surface area contributed by atoms with Crippen LogP contribution >= 0.6 is 0 Å². The molecule has 0 aromatic carbocycles. The summed E-state index contributed by atoms with van der Waals surface area (Å²) in [6.45, 7) is 0. The van der Waals surface area contributed by atoms with Gasteiger partial charge in [-0.1, -0.05) is 0 Å². The van der Waals surface area contributed by atoms with Crippen LogP contribution in [0, 0.1) is 0 Å². The monoisotopic (exact) mass is 153 g/mol. The topological polar surface area (TPSA) is 89.1 Å². The number of aliphatic hydroxyl groups is 1. The average Bonchev–Trinajstić information content (AvgIpc) is 2.05. The number of hydrogen-bond donors (Lipinski definition) is 2. The number of carbonyl (C=O) groups is 1. The van der Waals surface area contributed by atoms with Crippen LogP contribution in [0.4, 0.5) is 0 Å². The molecule has 0 saturated heterocycles. The van der Waals surface area contributed by atoms with Gasteiger partial charge in [0.15, 0.2) is 6.10 Å². The number of nitrogens with two attached hydrogens (primary N) is 1. The summed E-state index contributed by atoms with van der Waals surface area (Å²) < 4.78 is 0. The second-order valence-electron chi connectivity index (χ2n) is 1.94. The lowest BCUT2D eigenvalue weighted by molar-refractivity contribution is -0.126. The van der Waals surface area contributed by atoms with Gasteiger partial charge in [-0.15, -0.1) is 0 Å². The van der Waals surface area contributed by atoms with Crippen LogP contribution in [0.1, 0.15) is 11.8 Å². The summed E-state index contributed by atoms with van der Waals surface area (Å²) >= 11 is 0. The lowest BCUT2D eigenvalue weighted by atomic mass is 10.2. The molecule has 0 aliphatic carbocycles. The van der Waals surface area contributed by atoms with Gasteiger partial charge in [-0.05, 0) is 6.07 Å². The van der Waals surface area contributed by atoms with E-state index in [-0.39, 0.29) is 5.69 Å². The van der Waals surface area contributed by atoms with Gasteiger partial charge in [0.05, 0.1) is 5.69 Å². The molecule has 0 bridgehead atoms. The third kappa shape index (κ3) is 1.71. The molecule has 5 heteroatoms. The number of aromatic nitrogens is 2. The Kier molecular flexibility index (Phi) is 2.12. The van der Waals surface area contributed by atoms with Gasteiger partial charge in [-0.3, -0.25) is 4.79 Å². The molecule has 1 unspecified atom stereocenters. The van der Waals surface area contributed by atoms with Crippen LogP contribution in [-0.4, -0.2) is 21.0 Å². The molecule has 1 amide bonds.